The van der Waals surface area contributed by atoms with Gasteiger partial charge in [-0.25, -0.2) is 0 Å². The Kier molecular flexibility index (Phi) is 4.44. The number of primary amides is 1. The quantitative estimate of drug-likeness (QED) is 0.930. The third-order valence-electron chi connectivity index (χ3n) is 4.12. The summed E-state index contributed by atoms with van der Waals surface area (Å²) < 4.78 is 5.18. The predicted molar refractivity (Wildman–Crippen MR) is 93.0 cm³/mol. The number of nitrogens with two attached hydrogens (primary N) is 1. The minimum Gasteiger partial charge on any atom is -0.497 e. The first kappa shape index (κ1) is 16.3. The van der Waals surface area contributed by atoms with Crippen molar-refractivity contribution in [1.29, 1.82) is 0 Å². The molecule has 0 saturated carbocycles. The Bertz CT molecular complexity index is 820. The van der Waals surface area contributed by atoms with E-state index in [9.17, 15) is 9.59 Å². The van der Waals surface area contributed by atoms with Crippen LogP contribution in [-0.2, 0) is 6.42 Å². The van der Waals surface area contributed by atoms with Gasteiger partial charge in [-0.1, -0.05) is 17.7 Å². The highest BCUT2D eigenvalue weighted by molar-refractivity contribution is 6.31. The highest BCUT2D eigenvalue weighted by Crippen LogP contribution is 2.32. The number of nitrogens with zero attached hydrogens (tertiary/aromatic N) is 1. The molecule has 0 spiro atoms. The number of benzene rings is 2. The molecule has 1 aliphatic rings. The number of halogens is 1. The van der Waals surface area contributed by atoms with Crippen molar-refractivity contribution < 1.29 is 14.3 Å². The van der Waals surface area contributed by atoms with Crippen LogP contribution in [0.3, 0.4) is 0 Å². The van der Waals surface area contributed by atoms with Crippen LogP contribution < -0.4 is 15.4 Å². The number of methoxy groups -OCH3 is 1. The lowest BCUT2D eigenvalue weighted by atomic mass is 9.95. The Morgan fingerprint density at radius 2 is 2.04 bits per heavy atom. The van der Waals surface area contributed by atoms with E-state index < -0.39 is 5.91 Å². The van der Waals surface area contributed by atoms with Crippen LogP contribution in [0, 0.1) is 0 Å². The molecule has 2 aromatic carbocycles. The summed E-state index contributed by atoms with van der Waals surface area (Å²) in [5, 5.41) is 0.431. The van der Waals surface area contributed by atoms with Crippen LogP contribution in [-0.4, -0.2) is 25.5 Å². The molecule has 2 aromatic rings. The van der Waals surface area contributed by atoms with E-state index in [1.165, 1.54) is 7.11 Å². The van der Waals surface area contributed by atoms with Gasteiger partial charge in [0.1, 0.15) is 5.75 Å². The predicted octanol–water partition coefficient (Wildman–Crippen LogP) is 3.04. The van der Waals surface area contributed by atoms with Crippen LogP contribution in [0.15, 0.2) is 36.4 Å². The molecule has 24 heavy (non-hydrogen) atoms. The van der Waals surface area contributed by atoms with Gasteiger partial charge in [0.05, 0.1) is 7.11 Å². The van der Waals surface area contributed by atoms with E-state index in [0.717, 1.165) is 24.1 Å². The van der Waals surface area contributed by atoms with E-state index in [1.54, 1.807) is 35.2 Å². The molecule has 0 aromatic heterocycles. The maximum Gasteiger partial charge on any atom is 0.258 e. The fourth-order valence-electron chi connectivity index (χ4n) is 3.03. The number of anilines is 1. The van der Waals surface area contributed by atoms with Crippen LogP contribution in [0.4, 0.5) is 5.69 Å². The second kappa shape index (κ2) is 6.53. The van der Waals surface area contributed by atoms with Gasteiger partial charge in [0.25, 0.3) is 5.91 Å². The fourth-order valence-corrected chi connectivity index (χ4v) is 3.25. The summed E-state index contributed by atoms with van der Waals surface area (Å²) in [7, 11) is 1.52. The monoisotopic (exact) mass is 344 g/mol. The van der Waals surface area contributed by atoms with E-state index in [2.05, 4.69) is 0 Å². The van der Waals surface area contributed by atoms with Gasteiger partial charge < -0.3 is 15.4 Å². The molecule has 3 rings (SSSR count). The molecule has 0 saturated heterocycles. The summed E-state index contributed by atoms with van der Waals surface area (Å²) >= 11 is 6.07. The first-order chi connectivity index (χ1) is 11.5. The second-order valence-electron chi connectivity index (χ2n) is 5.61. The molecule has 0 fully saturated rings. The van der Waals surface area contributed by atoms with Crippen molar-refractivity contribution in [3.63, 3.8) is 0 Å². The summed E-state index contributed by atoms with van der Waals surface area (Å²) in [5.41, 5.74) is 7.90. The molecule has 1 heterocycles. The molecule has 0 radical (unpaired) electrons. The zero-order valence-electron chi connectivity index (χ0n) is 13.2. The minimum absolute atomic E-state index is 0.182. The van der Waals surface area contributed by atoms with Crippen molar-refractivity contribution in [2.75, 3.05) is 18.6 Å². The first-order valence-corrected chi connectivity index (χ1v) is 7.97. The lowest BCUT2D eigenvalue weighted by Gasteiger charge is -2.30. The van der Waals surface area contributed by atoms with E-state index in [-0.39, 0.29) is 5.91 Å². The molecule has 0 atom stereocenters. The Morgan fingerprint density at radius 1 is 1.25 bits per heavy atom. The van der Waals surface area contributed by atoms with Gasteiger partial charge >= 0.3 is 0 Å². The lowest BCUT2D eigenvalue weighted by Crippen LogP contribution is -2.36. The smallest absolute Gasteiger partial charge is 0.258 e. The molecular weight excluding hydrogens is 328 g/mol. The van der Waals surface area contributed by atoms with E-state index >= 15 is 0 Å². The molecule has 6 heteroatoms. The van der Waals surface area contributed by atoms with Crippen molar-refractivity contribution in [3.8, 4) is 5.75 Å². The first-order valence-electron chi connectivity index (χ1n) is 7.59. The van der Waals surface area contributed by atoms with Crippen molar-refractivity contribution in [2.24, 2.45) is 5.73 Å². The van der Waals surface area contributed by atoms with Crippen LogP contribution in [0.25, 0.3) is 0 Å². The number of carbonyl (C=O) groups excluding carboxylic acids is 2. The molecule has 2 amide bonds. The summed E-state index contributed by atoms with van der Waals surface area (Å²) in [4.78, 5) is 26.3. The van der Waals surface area contributed by atoms with Crippen LogP contribution >= 0.6 is 11.6 Å². The number of hydrogen-bond donors (Lipinski definition) is 1. The Labute approximate surface area is 145 Å². The average Bonchev–Trinajstić information content (AvgIpc) is 2.59. The summed E-state index contributed by atoms with van der Waals surface area (Å²) in [6.45, 7) is 0.572. The molecule has 5 nitrogen and oxygen atoms in total. The van der Waals surface area contributed by atoms with E-state index in [0.29, 0.717) is 28.4 Å². The highest BCUT2D eigenvalue weighted by Gasteiger charge is 2.26. The van der Waals surface area contributed by atoms with Gasteiger partial charge in [-0.3, -0.25) is 9.59 Å². The maximum absolute atomic E-state index is 13.0. The van der Waals surface area contributed by atoms with Crippen LogP contribution in [0.2, 0.25) is 5.02 Å². The number of carbonyl (C=O) groups is 2. The van der Waals surface area contributed by atoms with Gasteiger partial charge in [0.2, 0.25) is 5.91 Å². The zero-order chi connectivity index (χ0) is 17.3. The Morgan fingerprint density at radius 3 is 2.75 bits per heavy atom. The van der Waals surface area contributed by atoms with Crippen molar-refractivity contribution >= 4 is 29.1 Å². The summed E-state index contributed by atoms with van der Waals surface area (Å²) in [6, 6.07) is 10.2. The van der Waals surface area contributed by atoms with Gasteiger partial charge in [-0.05, 0) is 48.7 Å². The second-order valence-corrected chi connectivity index (χ2v) is 6.04. The molecule has 0 unspecified atom stereocenters. The fraction of sp³-hybridized carbons (Fsp3) is 0.222. The zero-order valence-corrected chi connectivity index (χ0v) is 14.0. The van der Waals surface area contributed by atoms with Gasteiger partial charge in [-0.2, -0.15) is 0 Å². The SMILES string of the molecule is COc1cc(Cl)cc(C(=O)N2CCCc3c(C(N)=O)cccc32)c1. The molecule has 2 N–H and O–H groups in total. The molecular formula is C18H17ClN2O3. The molecule has 1 aliphatic heterocycles. The number of amides is 2. The van der Waals surface area contributed by atoms with Gasteiger partial charge in [0.15, 0.2) is 0 Å². The van der Waals surface area contributed by atoms with Crippen molar-refractivity contribution in [2.45, 2.75) is 12.8 Å². The van der Waals surface area contributed by atoms with Crippen LogP contribution in [0.1, 0.15) is 32.7 Å². The topological polar surface area (TPSA) is 72.6 Å². The summed E-state index contributed by atoms with van der Waals surface area (Å²) in [6.07, 6.45) is 1.48. The van der Waals surface area contributed by atoms with Gasteiger partial charge in [-0.15, -0.1) is 0 Å². The van der Waals surface area contributed by atoms with Crippen LogP contribution in [0.5, 0.6) is 5.75 Å². The Balaban J connectivity index is 2.03. The minimum atomic E-state index is -0.481. The molecule has 124 valence electrons. The highest BCUT2D eigenvalue weighted by atomic mass is 35.5. The third-order valence-corrected chi connectivity index (χ3v) is 4.33. The lowest BCUT2D eigenvalue weighted by molar-refractivity contribution is 0.0977. The average molecular weight is 345 g/mol. The standard InChI is InChI=1S/C18H17ClN2O3/c1-24-13-9-11(8-12(19)10-13)18(23)21-7-3-5-14-15(17(20)22)4-2-6-16(14)21/h2,4,6,8-10H,3,5,7H2,1H3,(H2,20,22). The number of hydrogen-bond acceptors (Lipinski definition) is 3. The van der Waals surface area contributed by atoms with Crippen molar-refractivity contribution in [1.82, 2.24) is 0 Å². The molecule has 0 bridgehead atoms. The van der Waals surface area contributed by atoms with Gasteiger partial charge in [0, 0.05) is 28.4 Å². The largest absolute Gasteiger partial charge is 0.497 e. The number of fused-ring (bicyclic) bond motifs is 1. The van der Waals surface area contributed by atoms with E-state index in [4.69, 9.17) is 22.1 Å². The normalized spacial score (nSPS) is 13.3. The summed E-state index contributed by atoms with van der Waals surface area (Å²) in [5.74, 6) is -0.141. The molecule has 0 aliphatic carbocycles. The Hall–Kier alpha value is -2.53. The number of ether oxygens (including phenoxy) is 1. The number of rotatable bonds is 3. The maximum atomic E-state index is 13.0. The van der Waals surface area contributed by atoms with E-state index in [1.807, 2.05) is 6.07 Å². The third kappa shape index (κ3) is 2.95. The van der Waals surface area contributed by atoms with Crippen molar-refractivity contribution in [3.05, 3.63) is 58.1 Å².